The number of aryl methyl sites for hydroxylation is 1. The SMILES string of the molecule is COCCNc1nc(C)cc(C(=O)Nc2ccc(Cl)c(Cl)c2)n1. The number of nitrogens with one attached hydrogen (secondary N) is 2. The van der Waals surface area contributed by atoms with Crippen LogP contribution in [-0.4, -0.2) is 36.1 Å². The lowest BCUT2D eigenvalue weighted by Crippen LogP contribution is -2.17. The maximum absolute atomic E-state index is 12.3. The Balaban J connectivity index is 2.13. The van der Waals surface area contributed by atoms with Crippen LogP contribution in [0.1, 0.15) is 16.2 Å². The summed E-state index contributed by atoms with van der Waals surface area (Å²) >= 11 is 11.8. The zero-order chi connectivity index (χ0) is 16.8. The molecule has 6 nitrogen and oxygen atoms in total. The van der Waals surface area contributed by atoms with Gasteiger partial charge in [-0.1, -0.05) is 23.2 Å². The van der Waals surface area contributed by atoms with Gasteiger partial charge in [-0.3, -0.25) is 4.79 Å². The number of aromatic nitrogens is 2. The average Bonchev–Trinajstić information content (AvgIpc) is 2.51. The normalized spacial score (nSPS) is 10.4. The Kier molecular flexibility index (Phi) is 6.15. The molecule has 122 valence electrons. The summed E-state index contributed by atoms with van der Waals surface area (Å²) in [6.45, 7) is 2.86. The number of halogens is 2. The van der Waals surface area contributed by atoms with Crippen molar-refractivity contribution in [2.45, 2.75) is 6.92 Å². The maximum atomic E-state index is 12.3. The summed E-state index contributed by atoms with van der Waals surface area (Å²) in [5.41, 5.74) is 1.47. The van der Waals surface area contributed by atoms with E-state index in [4.69, 9.17) is 27.9 Å². The minimum absolute atomic E-state index is 0.253. The number of benzene rings is 1. The molecule has 0 fully saturated rings. The van der Waals surface area contributed by atoms with Crippen molar-refractivity contribution in [3.05, 3.63) is 45.7 Å². The molecule has 2 N–H and O–H groups in total. The molecule has 0 unspecified atom stereocenters. The van der Waals surface area contributed by atoms with Crippen LogP contribution < -0.4 is 10.6 Å². The van der Waals surface area contributed by atoms with E-state index in [0.29, 0.717) is 40.5 Å². The molecule has 8 heteroatoms. The summed E-state index contributed by atoms with van der Waals surface area (Å²) in [6, 6.07) is 6.46. The molecule has 2 aromatic rings. The van der Waals surface area contributed by atoms with Gasteiger partial charge < -0.3 is 15.4 Å². The van der Waals surface area contributed by atoms with Crippen molar-refractivity contribution in [3.63, 3.8) is 0 Å². The predicted octanol–water partition coefficient (Wildman–Crippen LogP) is 3.40. The van der Waals surface area contributed by atoms with Gasteiger partial charge in [0.2, 0.25) is 5.95 Å². The highest BCUT2D eigenvalue weighted by Crippen LogP contribution is 2.25. The van der Waals surface area contributed by atoms with Crippen LogP contribution in [0.3, 0.4) is 0 Å². The van der Waals surface area contributed by atoms with E-state index in [1.165, 1.54) is 0 Å². The number of carbonyl (C=O) groups excluding carboxylic acids is 1. The number of nitrogens with zero attached hydrogens (tertiary/aromatic N) is 2. The van der Waals surface area contributed by atoms with E-state index < -0.39 is 0 Å². The van der Waals surface area contributed by atoms with Crippen LogP contribution in [0.5, 0.6) is 0 Å². The molecular formula is C15H16Cl2N4O2. The Labute approximate surface area is 144 Å². The second kappa shape index (κ2) is 8.10. The van der Waals surface area contributed by atoms with E-state index in [0.717, 1.165) is 0 Å². The fourth-order valence-corrected chi connectivity index (χ4v) is 2.10. The summed E-state index contributed by atoms with van der Waals surface area (Å²) in [4.78, 5) is 20.7. The van der Waals surface area contributed by atoms with Crippen molar-refractivity contribution in [3.8, 4) is 0 Å². The van der Waals surface area contributed by atoms with E-state index in [-0.39, 0.29) is 11.6 Å². The smallest absolute Gasteiger partial charge is 0.274 e. The van der Waals surface area contributed by atoms with Crippen LogP contribution in [0.2, 0.25) is 10.0 Å². The van der Waals surface area contributed by atoms with Crippen LogP contribution in [0.4, 0.5) is 11.6 Å². The van der Waals surface area contributed by atoms with Crippen LogP contribution in [-0.2, 0) is 4.74 Å². The zero-order valence-electron chi connectivity index (χ0n) is 12.7. The lowest BCUT2D eigenvalue weighted by atomic mass is 10.3. The number of ether oxygens (including phenoxy) is 1. The quantitative estimate of drug-likeness (QED) is 0.777. The number of carbonyl (C=O) groups is 1. The summed E-state index contributed by atoms with van der Waals surface area (Å²) in [7, 11) is 1.61. The van der Waals surface area contributed by atoms with Crippen molar-refractivity contribution < 1.29 is 9.53 Å². The van der Waals surface area contributed by atoms with Gasteiger partial charge in [-0.2, -0.15) is 0 Å². The molecule has 0 aliphatic rings. The molecule has 1 amide bonds. The number of hydrogen-bond donors (Lipinski definition) is 2. The molecule has 23 heavy (non-hydrogen) atoms. The molecule has 0 spiro atoms. The zero-order valence-corrected chi connectivity index (χ0v) is 14.2. The predicted molar refractivity (Wildman–Crippen MR) is 91.5 cm³/mol. The van der Waals surface area contributed by atoms with Gasteiger partial charge in [0.1, 0.15) is 5.69 Å². The van der Waals surface area contributed by atoms with Gasteiger partial charge in [0.25, 0.3) is 5.91 Å². The van der Waals surface area contributed by atoms with Gasteiger partial charge in [-0.25, -0.2) is 9.97 Å². The Hall–Kier alpha value is -1.89. The van der Waals surface area contributed by atoms with E-state index in [2.05, 4.69) is 20.6 Å². The minimum Gasteiger partial charge on any atom is -0.383 e. The molecule has 0 saturated heterocycles. The maximum Gasteiger partial charge on any atom is 0.274 e. The number of rotatable bonds is 6. The second-order valence-corrected chi connectivity index (χ2v) is 5.54. The number of amides is 1. The first kappa shape index (κ1) is 17.5. The highest BCUT2D eigenvalue weighted by Gasteiger charge is 2.11. The van der Waals surface area contributed by atoms with E-state index in [9.17, 15) is 4.79 Å². The summed E-state index contributed by atoms with van der Waals surface area (Å²) < 4.78 is 4.95. The summed E-state index contributed by atoms with van der Waals surface area (Å²) in [5, 5.41) is 6.51. The number of anilines is 2. The third-order valence-corrected chi connectivity index (χ3v) is 3.59. The number of methoxy groups -OCH3 is 1. The Morgan fingerprint density at radius 2 is 2.00 bits per heavy atom. The molecule has 0 aliphatic carbocycles. The van der Waals surface area contributed by atoms with Crippen molar-refractivity contribution in [1.82, 2.24) is 9.97 Å². The average molecular weight is 355 g/mol. The Morgan fingerprint density at radius 1 is 1.22 bits per heavy atom. The van der Waals surface area contributed by atoms with Gasteiger partial charge in [0, 0.05) is 25.0 Å². The van der Waals surface area contributed by atoms with Crippen LogP contribution in [0.25, 0.3) is 0 Å². The van der Waals surface area contributed by atoms with E-state index in [1.54, 1.807) is 38.3 Å². The fourth-order valence-electron chi connectivity index (χ4n) is 1.80. The highest BCUT2D eigenvalue weighted by atomic mass is 35.5. The number of hydrogen-bond acceptors (Lipinski definition) is 5. The second-order valence-electron chi connectivity index (χ2n) is 4.72. The monoisotopic (exact) mass is 354 g/mol. The lowest BCUT2D eigenvalue weighted by Gasteiger charge is -2.09. The minimum atomic E-state index is -0.358. The molecule has 0 saturated carbocycles. The first-order valence-electron chi connectivity index (χ1n) is 6.84. The van der Waals surface area contributed by atoms with E-state index >= 15 is 0 Å². The van der Waals surface area contributed by atoms with Crippen LogP contribution in [0, 0.1) is 6.92 Å². The van der Waals surface area contributed by atoms with Gasteiger partial charge in [0.15, 0.2) is 0 Å². The lowest BCUT2D eigenvalue weighted by molar-refractivity contribution is 0.102. The molecule has 1 heterocycles. The molecule has 1 aromatic carbocycles. The Bertz CT molecular complexity index is 710. The van der Waals surface area contributed by atoms with E-state index in [1.807, 2.05) is 0 Å². The van der Waals surface area contributed by atoms with Gasteiger partial charge in [0.05, 0.1) is 16.7 Å². The molecular weight excluding hydrogens is 339 g/mol. The van der Waals surface area contributed by atoms with Crippen molar-refractivity contribution >= 4 is 40.7 Å². The van der Waals surface area contributed by atoms with Gasteiger partial charge in [-0.05, 0) is 31.2 Å². The Morgan fingerprint density at radius 3 is 2.70 bits per heavy atom. The van der Waals surface area contributed by atoms with Gasteiger partial charge >= 0.3 is 0 Å². The third-order valence-electron chi connectivity index (χ3n) is 2.85. The molecule has 0 radical (unpaired) electrons. The summed E-state index contributed by atoms with van der Waals surface area (Å²) in [5.74, 6) is 0.0185. The van der Waals surface area contributed by atoms with Crippen molar-refractivity contribution in [1.29, 1.82) is 0 Å². The first-order valence-corrected chi connectivity index (χ1v) is 7.60. The molecule has 0 atom stereocenters. The standard InChI is InChI=1S/C15H16Cl2N4O2/c1-9-7-13(21-15(19-9)18-5-6-23-2)14(22)20-10-3-4-11(16)12(17)8-10/h3-4,7-8H,5-6H2,1-2H3,(H,20,22)(H,18,19,21). The van der Waals surface area contributed by atoms with Crippen LogP contribution in [0.15, 0.2) is 24.3 Å². The fraction of sp³-hybridized carbons (Fsp3) is 0.267. The molecule has 0 aliphatic heterocycles. The molecule has 1 aromatic heterocycles. The third kappa shape index (κ3) is 5.06. The van der Waals surface area contributed by atoms with Gasteiger partial charge in [-0.15, -0.1) is 0 Å². The van der Waals surface area contributed by atoms with Crippen molar-refractivity contribution in [2.24, 2.45) is 0 Å². The van der Waals surface area contributed by atoms with Crippen molar-refractivity contribution in [2.75, 3.05) is 30.9 Å². The highest BCUT2D eigenvalue weighted by molar-refractivity contribution is 6.42. The molecule has 2 rings (SSSR count). The summed E-state index contributed by atoms with van der Waals surface area (Å²) in [6.07, 6.45) is 0. The molecule has 0 bridgehead atoms. The first-order chi connectivity index (χ1) is 11.0. The largest absolute Gasteiger partial charge is 0.383 e. The topological polar surface area (TPSA) is 76.1 Å². The van der Waals surface area contributed by atoms with Crippen LogP contribution >= 0.6 is 23.2 Å².